The van der Waals surface area contributed by atoms with E-state index in [2.05, 4.69) is 37.8 Å². The first-order chi connectivity index (χ1) is 22.9. The molecule has 0 saturated carbocycles. The Morgan fingerprint density at radius 1 is 0.745 bits per heavy atom. The molecule has 1 unspecified atom stereocenters. The molecule has 4 aromatic rings. The van der Waals surface area contributed by atoms with Gasteiger partial charge in [-0.25, -0.2) is 14.5 Å². The highest BCUT2D eigenvalue weighted by atomic mass is 16.6. The summed E-state index contributed by atoms with van der Waals surface area (Å²) >= 11 is 0. The number of nitrogens with zero attached hydrogens (tertiary/aromatic N) is 2. The molecule has 6 rings (SSSR count). The monoisotopic (exact) mass is 632 g/mol. The van der Waals surface area contributed by atoms with Crippen LogP contribution in [-0.4, -0.2) is 31.8 Å². The Hall–Kier alpha value is -4.78. The average molecular weight is 633 g/mol. The predicted octanol–water partition coefficient (Wildman–Crippen LogP) is 10.0. The van der Waals surface area contributed by atoms with Crippen LogP contribution in [0.15, 0.2) is 84.9 Å². The summed E-state index contributed by atoms with van der Waals surface area (Å²) in [6.45, 7) is 10.7. The summed E-state index contributed by atoms with van der Waals surface area (Å²) in [5.74, 6) is 0.849. The fourth-order valence-electron chi connectivity index (χ4n) is 6.59. The number of carbonyl (C=O) groups is 2. The van der Waals surface area contributed by atoms with Crippen LogP contribution in [0.1, 0.15) is 91.9 Å². The maximum absolute atomic E-state index is 13.7. The Morgan fingerprint density at radius 3 is 2.15 bits per heavy atom. The Bertz CT molecular complexity index is 1750. The van der Waals surface area contributed by atoms with Gasteiger partial charge in [0.1, 0.15) is 11.5 Å². The van der Waals surface area contributed by atoms with Gasteiger partial charge in [-0.1, -0.05) is 76.4 Å². The van der Waals surface area contributed by atoms with Crippen LogP contribution in [0.25, 0.3) is 0 Å². The molecule has 244 valence electrons. The lowest BCUT2D eigenvalue weighted by Gasteiger charge is -2.38. The smallest absolute Gasteiger partial charge is 0.418 e. The van der Waals surface area contributed by atoms with Crippen molar-refractivity contribution >= 4 is 29.1 Å². The van der Waals surface area contributed by atoms with Gasteiger partial charge in [0.2, 0.25) is 0 Å². The molecular weight excluding hydrogens is 588 g/mol. The zero-order valence-electron chi connectivity index (χ0n) is 27.9. The summed E-state index contributed by atoms with van der Waals surface area (Å²) in [4.78, 5) is 31.3. The molecular formula is C40H44N2O5. The van der Waals surface area contributed by atoms with E-state index in [1.54, 1.807) is 4.90 Å². The van der Waals surface area contributed by atoms with E-state index in [0.29, 0.717) is 40.6 Å². The maximum Gasteiger partial charge on any atom is 0.418 e. The molecule has 1 atom stereocenters. The van der Waals surface area contributed by atoms with Crippen molar-refractivity contribution in [2.45, 2.75) is 71.8 Å². The molecule has 4 aromatic carbocycles. The van der Waals surface area contributed by atoms with Gasteiger partial charge in [0.25, 0.3) is 0 Å². The van der Waals surface area contributed by atoms with Gasteiger partial charge >= 0.3 is 12.1 Å². The number of amides is 1. The largest absolute Gasteiger partial charge is 0.456 e. The molecule has 1 spiro atoms. The van der Waals surface area contributed by atoms with Gasteiger partial charge in [-0.2, -0.15) is 0 Å². The molecule has 0 aliphatic carbocycles. The molecule has 47 heavy (non-hydrogen) atoms. The van der Waals surface area contributed by atoms with Gasteiger partial charge in [0.05, 0.1) is 23.5 Å². The molecule has 2 heterocycles. The van der Waals surface area contributed by atoms with Crippen LogP contribution in [0.5, 0.6) is 11.5 Å². The zero-order valence-corrected chi connectivity index (χ0v) is 27.9. The number of unbranched alkanes of at least 4 members (excludes halogenated alkanes) is 3. The summed E-state index contributed by atoms with van der Waals surface area (Å²) in [6, 6.07) is 27.1. The third-order valence-electron chi connectivity index (χ3n) is 9.10. The highest BCUT2D eigenvalue weighted by Crippen LogP contribution is 2.57. The second kappa shape index (κ2) is 13.9. The highest BCUT2D eigenvalue weighted by molar-refractivity contribution is 5.99. The van der Waals surface area contributed by atoms with Gasteiger partial charge in [0, 0.05) is 41.5 Å². The lowest BCUT2D eigenvalue weighted by atomic mass is 9.77. The summed E-state index contributed by atoms with van der Waals surface area (Å²) < 4.78 is 19.0. The summed E-state index contributed by atoms with van der Waals surface area (Å²) in [6.07, 6.45) is 5.64. The first kappa shape index (κ1) is 32.2. The fraction of sp³-hybridized carbons (Fsp3) is 0.350. The van der Waals surface area contributed by atoms with E-state index in [-0.39, 0.29) is 0 Å². The van der Waals surface area contributed by atoms with E-state index >= 15 is 0 Å². The molecule has 7 heteroatoms. The molecule has 0 N–H and O–H groups in total. The molecule has 0 fully saturated rings. The molecule has 0 aromatic heterocycles. The first-order valence-corrected chi connectivity index (χ1v) is 17.0. The van der Waals surface area contributed by atoms with E-state index in [4.69, 9.17) is 14.2 Å². The third-order valence-corrected chi connectivity index (χ3v) is 9.10. The number of rotatable bonds is 12. The number of anilines is 3. The van der Waals surface area contributed by atoms with E-state index in [1.807, 2.05) is 79.7 Å². The minimum atomic E-state index is -1.26. The molecule has 7 nitrogen and oxygen atoms in total. The Balaban J connectivity index is 1.53. The fourth-order valence-corrected chi connectivity index (χ4v) is 6.59. The van der Waals surface area contributed by atoms with Crippen LogP contribution in [0.2, 0.25) is 0 Å². The maximum atomic E-state index is 13.7. The van der Waals surface area contributed by atoms with Crippen molar-refractivity contribution < 1.29 is 23.8 Å². The second-order valence-electron chi connectivity index (χ2n) is 12.4. The topological polar surface area (TPSA) is 68.3 Å². The first-order valence-electron chi connectivity index (χ1n) is 17.0. The second-order valence-corrected chi connectivity index (χ2v) is 12.4. The van der Waals surface area contributed by atoms with Crippen molar-refractivity contribution in [3.63, 3.8) is 0 Å². The van der Waals surface area contributed by atoms with Gasteiger partial charge in [-0.3, -0.25) is 0 Å². The SMILES string of the molecule is CCCCOC(=O)N(c1ccccc1)c1cc2c(cc1C)Oc1cc(N(CCCC)CCCC)ccc1C21OC(=O)c2ccccc21. The number of esters is 1. The van der Waals surface area contributed by atoms with Crippen LogP contribution < -0.4 is 14.5 Å². The van der Waals surface area contributed by atoms with Crippen LogP contribution in [0.3, 0.4) is 0 Å². The standard InChI is InChI=1S/C40H44N2O5/c1-5-8-22-41(23-9-6-2)30-20-21-33-37(26-30)46-36-25-28(4)35(42(29-16-12-11-13-17-29)39(44)45-24-10-7-3)27-34(36)40(33)32-19-15-14-18-31(32)38(43)47-40/h11-21,25-27H,5-10,22-24H2,1-4H3. The van der Waals surface area contributed by atoms with Crippen molar-refractivity contribution in [1.29, 1.82) is 0 Å². The van der Waals surface area contributed by atoms with E-state index in [0.717, 1.165) is 74.0 Å². The van der Waals surface area contributed by atoms with Crippen LogP contribution in [0.4, 0.5) is 21.9 Å². The number of aryl methyl sites for hydroxylation is 1. The number of para-hydroxylation sites is 1. The molecule has 0 radical (unpaired) electrons. The van der Waals surface area contributed by atoms with Crippen LogP contribution >= 0.6 is 0 Å². The van der Waals surface area contributed by atoms with Crippen molar-refractivity contribution in [2.24, 2.45) is 0 Å². The normalized spacial score (nSPS) is 15.7. The minimum Gasteiger partial charge on any atom is -0.456 e. The van der Waals surface area contributed by atoms with Gasteiger partial charge in [0.15, 0.2) is 5.60 Å². The predicted molar refractivity (Wildman–Crippen MR) is 186 cm³/mol. The molecule has 1 amide bonds. The van der Waals surface area contributed by atoms with Crippen molar-refractivity contribution in [2.75, 3.05) is 29.5 Å². The Morgan fingerprint density at radius 2 is 1.43 bits per heavy atom. The number of benzene rings is 4. The summed E-state index contributed by atoms with van der Waals surface area (Å²) in [5.41, 5.74) is 4.63. The lowest BCUT2D eigenvalue weighted by Crippen LogP contribution is -2.34. The van der Waals surface area contributed by atoms with E-state index < -0.39 is 17.7 Å². The number of hydrogen-bond donors (Lipinski definition) is 0. The summed E-state index contributed by atoms with van der Waals surface area (Å²) in [5, 5.41) is 0. The van der Waals surface area contributed by atoms with Gasteiger partial charge in [-0.15, -0.1) is 0 Å². The average Bonchev–Trinajstić information content (AvgIpc) is 3.38. The van der Waals surface area contributed by atoms with Crippen molar-refractivity contribution in [1.82, 2.24) is 0 Å². The highest BCUT2D eigenvalue weighted by Gasteiger charge is 2.54. The quantitative estimate of drug-likeness (QED) is 0.114. The molecule has 0 saturated heterocycles. The van der Waals surface area contributed by atoms with Crippen LogP contribution in [-0.2, 0) is 15.1 Å². The number of hydrogen-bond acceptors (Lipinski definition) is 6. The molecule has 0 bridgehead atoms. The summed E-state index contributed by atoms with van der Waals surface area (Å²) in [7, 11) is 0. The third kappa shape index (κ3) is 5.95. The lowest BCUT2D eigenvalue weighted by molar-refractivity contribution is 0.0224. The Labute approximate surface area is 278 Å². The van der Waals surface area contributed by atoms with Gasteiger partial charge in [-0.05, 0) is 74.2 Å². The molecule has 2 aliphatic heterocycles. The number of ether oxygens (including phenoxy) is 3. The van der Waals surface area contributed by atoms with Crippen LogP contribution in [0, 0.1) is 6.92 Å². The number of carbonyl (C=O) groups excluding carboxylic acids is 2. The molecule has 2 aliphatic rings. The number of fused-ring (bicyclic) bond motifs is 6. The van der Waals surface area contributed by atoms with Gasteiger partial charge < -0.3 is 19.1 Å². The van der Waals surface area contributed by atoms with E-state index in [1.165, 1.54) is 0 Å². The zero-order chi connectivity index (χ0) is 33.0. The van der Waals surface area contributed by atoms with Crippen molar-refractivity contribution in [3.05, 3.63) is 113 Å². The van der Waals surface area contributed by atoms with E-state index in [9.17, 15) is 9.59 Å². The minimum absolute atomic E-state index is 0.323. The van der Waals surface area contributed by atoms with Crippen molar-refractivity contribution in [3.8, 4) is 11.5 Å². The Kier molecular flexibility index (Phi) is 9.53.